The molecule has 0 aliphatic carbocycles. The van der Waals surface area contributed by atoms with Gasteiger partial charge in [-0.15, -0.1) is 0 Å². The minimum absolute atomic E-state index is 0.00913. The number of ether oxygens (including phenoxy) is 1. The van der Waals surface area contributed by atoms with Crippen molar-refractivity contribution < 1.29 is 33.5 Å². The first kappa shape index (κ1) is 30.5. The second-order valence-corrected chi connectivity index (χ2v) is 11.5. The Hall–Kier alpha value is -2.74. The van der Waals surface area contributed by atoms with E-state index in [1.54, 1.807) is 26.0 Å². The zero-order chi connectivity index (χ0) is 27.4. The van der Waals surface area contributed by atoms with Gasteiger partial charge in [-0.05, 0) is 24.8 Å². The highest BCUT2D eigenvalue weighted by Crippen LogP contribution is 2.23. The molecule has 2 bridgehead atoms. The van der Waals surface area contributed by atoms with Crippen molar-refractivity contribution >= 4 is 57.1 Å². The zero-order valence-electron chi connectivity index (χ0n) is 21.2. The van der Waals surface area contributed by atoms with Gasteiger partial charge in [0, 0.05) is 25.0 Å². The number of amides is 5. The molecule has 2 aliphatic rings. The van der Waals surface area contributed by atoms with Crippen molar-refractivity contribution in [1.29, 1.82) is 0 Å². The van der Waals surface area contributed by atoms with Crippen LogP contribution in [-0.4, -0.2) is 84.8 Å². The molecule has 1 fully saturated rings. The van der Waals surface area contributed by atoms with Crippen molar-refractivity contribution in [3.05, 3.63) is 12.2 Å². The zero-order valence-corrected chi connectivity index (χ0v) is 22.8. The molecule has 2 aliphatic heterocycles. The fraction of sp³-hybridized carbons (Fsp3) is 0.652. The Kier molecular flexibility index (Phi) is 12.8. The van der Waals surface area contributed by atoms with Crippen molar-refractivity contribution in [3.8, 4) is 0 Å². The van der Waals surface area contributed by atoms with Gasteiger partial charge in [-0.3, -0.25) is 28.8 Å². The quantitative estimate of drug-likeness (QED) is 0.172. The van der Waals surface area contributed by atoms with E-state index in [9.17, 15) is 28.8 Å². The van der Waals surface area contributed by atoms with E-state index in [4.69, 9.17) is 4.74 Å². The predicted molar refractivity (Wildman–Crippen MR) is 140 cm³/mol. The number of hydrogen-bond donors (Lipinski definition) is 5. The lowest BCUT2D eigenvalue weighted by Crippen LogP contribution is -2.59. The van der Waals surface area contributed by atoms with Crippen LogP contribution in [-0.2, 0) is 33.5 Å². The average molecular weight is 558 g/mol. The molecule has 0 unspecified atom stereocenters. The van der Waals surface area contributed by atoms with E-state index in [0.29, 0.717) is 12.2 Å². The van der Waals surface area contributed by atoms with Gasteiger partial charge in [0.25, 0.3) is 0 Å². The largest absolute Gasteiger partial charge is 0.456 e. The summed E-state index contributed by atoms with van der Waals surface area (Å²) < 4.78 is 5.41. The number of hydrogen-bond acceptors (Lipinski definition) is 9. The molecule has 0 aromatic rings. The highest BCUT2D eigenvalue weighted by atomic mass is 33.1. The molecule has 0 saturated carbocycles. The molecule has 2 rings (SSSR count). The molecule has 0 aromatic heterocycles. The first-order valence-electron chi connectivity index (χ1n) is 12.1. The van der Waals surface area contributed by atoms with Crippen LogP contribution >= 0.6 is 21.6 Å². The molecule has 0 radical (unpaired) electrons. The first-order chi connectivity index (χ1) is 17.6. The van der Waals surface area contributed by atoms with Crippen LogP contribution in [0.1, 0.15) is 39.5 Å². The van der Waals surface area contributed by atoms with Crippen LogP contribution in [0.15, 0.2) is 12.2 Å². The lowest BCUT2D eigenvalue weighted by molar-refractivity contribution is -0.148. The van der Waals surface area contributed by atoms with Gasteiger partial charge in [0.1, 0.15) is 30.8 Å². The van der Waals surface area contributed by atoms with Crippen molar-refractivity contribution in [1.82, 2.24) is 26.6 Å². The van der Waals surface area contributed by atoms with Crippen LogP contribution in [0, 0.1) is 5.92 Å². The molecule has 4 atom stereocenters. The smallest absolute Gasteiger partial charge is 0.326 e. The predicted octanol–water partition coefficient (Wildman–Crippen LogP) is -0.604. The molecular weight excluding hydrogens is 522 g/mol. The Morgan fingerprint density at radius 2 is 1.84 bits per heavy atom. The van der Waals surface area contributed by atoms with E-state index in [2.05, 4.69) is 26.6 Å². The molecule has 0 spiro atoms. The van der Waals surface area contributed by atoms with Crippen LogP contribution in [0.5, 0.6) is 0 Å². The summed E-state index contributed by atoms with van der Waals surface area (Å²) in [7, 11) is 4.34. The van der Waals surface area contributed by atoms with Crippen molar-refractivity contribution in [2.75, 3.05) is 25.1 Å². The number of nitrogens with one attached hydrogen (secondary N) is 5. The van der Waals surface area contributed by atoms with E-state index in [1.807, 2.05) is 0 Å². The maximum absolute atomic E-state index is 13.2. The van der Waals surface area contributed by atoms with Gasteiger partial charge in [-0.25, -0.2) is 0 Å². The summed E-state index contributed by atoms with van der Waals surface area (Å²) in [5.74, 6) is -2.86. The molecule has 0 aromatic carbocycles. The minimum atomic E-state index is -1.11. The van der Waals surface area contributed by atoms with E-state index < -0.39 is 60.4 Å². The molecule has 5 amide bonds. The molecule has 5 N–H and O–H groups in total. The second-order valence-electron chi connectivity index (χ2n) is 8.90. The van der Waals surface area contributed by atoms with Gasteiger partial charge < -0.3 is 31.3 Å². The standard InChI is InChI=1S/C23H35N5O7S2/c1-13(2)20-23(34)25-11-19(31)35-14-6-4-5-9-36-37-12-16(22(33)28-20)27-21(32)15(26-18(30)10-14)7-8-17(29)24-3/h4,6,13-16,20H,5,7-12H2,1-3H3,(H,24,29)(H,25,34)(H,26,30)(H,27,32)(H,28,33)/b6-4+/t14-,15-,16-,20-/m1/s1. The summed E-state index contributed by atoms with van der Waals surface area (Å²) in [6.07, 6.45) is 2.79. The SMILES string of the molecule is CNC(=O)CC[C@H]1NC(=O)C[C@H]2/C=C/CCSSC[C@@H](NC1=O)C(=O)N[C@H](C(C)C)C(=O)NCC(=O)O2. The molecule has 206 valence electrons. The number of carbonyl (C=O) groups is 6. The van der Waals surface area contributed by atoms with E-state index in [1.165, 1.54) is 28.6 Å². The number of fused-ring (bicyclic) bond motifs is 7. The minimum Gasteiger partial charge on any atom is -0.456 e. The van der Waals surface area contributed by atoms with Gasteiger partial charge in [-0.1, -0.05) is 41.5 Å². The average Bonchev–Trinajstić information content (AvgIpc) is 2.85. The van der Waals surface area contributed by atoms with Gasteiger partial charge in [-0.2, -0.15) is 0 Å². The van der Waals surface area contributed by atoms with Crippen LogP contribution in [0.3, 0.4) is 0 Å². The molecule has 12 nitrogen and oxygen atoms in total. The lowest BCUT2D eigenvalue weighted by Gasteiger charge is -2.27. The Bertz CT molecular complexity index is 899. The van der Waals surface area contributed by atoms with Gasteiger partial charge in [0.15, 0.2) is 0 Å². The number of carbonyl (C=O) groups excluding carboxylic acids is 6. The van der Waals surface area contributed by atoms with Crippen LogP contribution in [0.2, 0.25) is 0 Å². The van der Waals surface area contributed by atoms with E-state index in [-0.39, 0.29) is 36.8 Å². The third-order valence-corrected chi connectivity index (χ3v) is 8.03. The summed E-state index contributed by atoms with van der Waals surface area (Å²) in [5, 5.41) is 12.9. The maximum Gasteiger partial charge on any atom is 0.326 e. The van der Waals surface area contributed by atoms with Gasteiger partial charge in [0.05, 0.1) is 6.42 Å². The highest BCUT2D eigenvalue weighted by Gasteiger charge is 2.32. The Labute approximate surface area is 224 Å². The molecule has 2 heterocycles. The van der Waals surface area contributed by atoms with Crippen molar-refractivity contribution in [2.45, 2.75) is 63.8 Å². The fourth-order valence-corrected chi connectivity index (χ4v) is 5.67. The normalized spacial score (nSPS) is 27.6. The Morgan fingerprint density at radius 1 is 1.08 bits per heavy atom. The molecule has 37 heavy (non-hydrogen) atoms. The van der Waals surface area contributed by atoms with Crippen LogP contribution in [0.4, 0.5) is 0 Å². The van der Waals surface area contributed by atoms with Gasteiger partial charge >= 0.3 is 5.97 Å². The summed E-state index contributed by atoms with van der Waals surface area (Å²) >= 11 is 0. The van der Waals surface area contributed by atoms with E-state index in [0.717, 1.165) is 0 Å². The van der Waals surface area contributed by atoms with Crippen molar-refractivity contribution in [3.63, 3.8) is 0 Å². The summed E-state index contributed by atoms with van der Waals surface area (Å²) in [6.45, 7) is 3.05. The molecular formula is C23H35N5O7S2. The summed E-state index contributed by atoms with van der Waals surface area (Å²) in [4.78, 5) is 76.3. The number of allylic oxidation sites excluding steroid dienone is 1. The third-order valence-electron chi connectivity index (χ3n) is 5.58. The maximum atomic E-state index is 13.2. The monoisotopic (exact) mass is 557 g/mol. The van der Waals surface area contributed by atoms with E-state index >= 15 is 0 Å². The van der Waals surface area contributed by atoms with Gasteiger partial charge in [0.2, 0.25) is 29.5 Å². The highest BCUT2D eigenvalue weighted by molar-refractivity contribution is 8.76. The fourth-order valence-electron chi connectivity index (χ4n) is 3.52. The second kappa shape index (κ2) is 15.5. The topological polar surface area (TPSA) is 172 Å². The number of rotatable bonds is 4. The van der Waals surface area contributed by atoms with Crippen LogP contribution < -0.4 is 26.6 Å². The van der Waals surface area contributed by atoms with Crippen molar-refractivity contribution in [2.24, 2.45) is 5.92 Å². The first-order valence-corrected chi connectivity index (χ1v) is 14.6. The van der Waals surface area contributed by atoms with Crippen LogP contribution in [0.25, 0.3) is 0 Å². The molecule has 1 saturated heterocycles. The Balaban J connectivity index is 2.44. The lowest BCUT2D eigenvalue weighted by atomic mass is 10.0. The third kappa shape index (κ3) is 10.6. The summed E-state index contributed by atoms with van der Waals surface area (Å²) in [6, 6.07) is -3.08. The number of esters is 1. The molecule has 14 heteroatoms. The Morgan fingerprint density at radius 3 is 2.54 bits per heavy atom. The summed E-state index contributed by atoms with van der Waals surface area (Å²) in [5.41, 5.74) is 0.